The van der Waals surface area contributed by atoms with Gasteiger partial charge in [0.2, 0.25) is 0 Å². The Balaban J connectivity index is 1.90. The van der Waals surface area contributed by atoms with Crippen LogP contribution in [-0.2, 0) is 15.5 Å². The van der Waals surface area contributed by atoms with Crippen molar-refractivity contribution in [1.82, 2.24) is 5.32 Å². The smallest absolute Gasteiger partial charge is 0.270 e. The average Bonchev–Trinajstić information content (AvgIpc) is 2.87. The van der Waals surface area contributed by atoms with Gasteiger partial charge in [-0.15, -0.1) is 11.3 Å². The summed E-state index contributed by atoms with van der Waals surface area (Å²) in [6, 6.07) is 8.46. The summed E-state index contributed by atoms with van der Waals surface area (Å²) in [6.45, 7) is 0.317. The molecule has 0 radical (unpaired) electrons. The Morgan fingerprint density at radius 1 is 1.29 bits per heavy atom. The maximum absolute atomic E-state index is 13.0. The van der Waals surface area contributed by atoms with E-state index in [9.17, 15) is 17.6 Å². The van der Waals surface area contributed by atoms with Gasteiger partial charge in [-0.05, 0) is 36.8 Å². The number of carbonyl (C=O) groups is 1. The summed E-state index contributed by atoms with van der Waals surface area (Å²) in [6.07, 6.45) is 0.470. The highest BCUT2D eigenvalue weighted by atomic mass is 35.7. The van der Waals surface area contributed by atoms with Crippen molar-refractivity contribution in [3.63, 3.8) is 0 Å². The molecule has 0 saturated carbocycles. The molecule has 0 aliphatic heterocycles. The molecule has 0 atom stereocenters. The van der Waals surface area contributed by atoms with Gasteiger partial charge in [0.15, 0.2) is 0 Å². The van der Waals surface area contributed by atoms with Gasteiger partial charge in [0, 0.05) is 27.7 Å². The Morgan fingerprint density at radius 2 is 2.05 bits per heavy atom. The average molecular weight is 348 g/mol. The Morgan fingerprint density at radius 3 is 2.67 bits per heavy atom. The summed E-state index contributed by atoms with van der Waals surface area (Å²) in [7, 11) is 1.52. The van der Waals surface area contributed by atoms with Crippen molar-refractivity contribution < 1.29 is 17.6 Å². The van der Waals surface area contributed by atoms with Gasteiger partial charge in [-0.1, -0.05) is 6.07 Å². The molecule has 0 fully saturated rings. The maximum atomic E-state index is 13.0. The molecule has 1 aromatic heterocycles. The van der Waals surface area contributed by atoms with Crippen LogP contribution in [-0.4, -0.2) is 20.9 Å². The van der Waals surface area contributed by atoms with Crippen molar-refractivity contribution in [3.05, 3.63) is 52.7 Å². The summed E-state index contributed by atoms with van der Waals surface area (Å²) >= 11 is 1.06. The summed E-state index contributed by atoms with van der Waals surface area (Å²) in [5, 5.41) is 2.64. The molecule has 0 bridgehead atoms. The van der Waals surface area contributed by atoms with E-state index in [2.05, 4.69) is 5.32 Å². The fraction of sp³-hybridized carbons (Fsp3) is 0.154. The summed E-state index contributed by atoms with van der Waals surface area (Å²) in [5.74, 6) is -0.853. The first-order valence-corrected chi connectivity index (χ1v) is 9.06. The number of rotatable bonds is 5. The lowest BCUT2D eigenvalue weighted by Gasteiger charge is -2.04. The third-order valence-electron chi connectivity index (χ3n) is 2.62. The van der Waals surface area contributed by atoms with Crippen LogP contribution in [0.2, 0.25) is 0 Å². The van der Waals surface area contributed by atoms with Crippen molar-refractivity contribution in [2.24, 2.45) is 0 Å². The van der Waals surface area contributed by atoms with Gasteiger partial charge < -0.3 is 5.32 Å². The molecular weight excluding hydrogens is 337 g/mol. The zero-order chi connectivity index (χ0) is 15.5. The molecule has 8 heteroatoms. The molecule has 1 heterocycles. The topological polar surface area (TPSA) is 63.2 Å². The number of hydrogen-bond acceptors (Lipinski definition) is 4. The van der Waals surface area contributed by atoms with E-state index < -0.39 is 14.9 Å². The van der Waals surface area contributed by atoms with Crippen LogP contribution in [0, 0.1) is 5.82 Å². The van der Waals surface area contributed by atoms with E-state index in [1.807, 2.05) is 0 Å². The Kier molecular flexibility index (Phi) is 4.97. The van der Waals surface area contributed by atoms with E-state index >= 15 is 0 Å². The third-order valence-corrected chi connectivity index (χ3v) is 5.86. The van der Waals surface area contributed by atoms with Gasteiger partial charge in [-0.25, -0.2) is 12.8 Å². The first-order valence-electron chi connectivity index (χ1n) is 5.93. The van der Waals surface area contributed by atoms with Gasteiger partial charge in [-0.3, -0.25) is 4.79 Å². The zero-order valence-corrected chi connectivity index (χ0v) is 13.1. The molecule has 1 N–H and O–H groups in total. The maximum Gasteiger partial charge on any atom is 0.270 e. The Labute approximate surface area is 130 Å². The quantitative estimate of drug-likeness (QED) is 0.846. The number of benzene rings is 1. The molecule has 0 saturated heterocycles. The molecular formula is C13H11ClFNO3S2. The lowest BCUT2D eigenvalue weighted by Crippen LogP contribution is -2.25. The van der Waals surface area contributed by atoms with Gasteiger partial charge in [0.25, 0.3) is 15.0 Å². The van der Waals surface area contributed by atoms with Crippen molar-refractivity contribution in [3.8, 4) is 0 Å². The first-order chi connectivity index (χ1) is 9.86. The van der Waals surface area contributed by atoms with Crippen LogP contribution < -0.4 is 5.32 Å². The second-order valence-corrected chi connectivity index (χ2v) is 8.14. The van der Waals surface area contributed by atoms with Crippen LogP contribution >= 0.6 is 22.0 Å². The molecule has 0 spiro atoms. The van der Waals surface area contributed by atoms with Crippen LogP contribution in [0.3, 0.4) is 0 Å². The van der Waals surface area contributed by atoms with E-state index in [1.165, 1.54) is 24.3 Å². The number of hydrogen-bond donors (Lipinski definition) is 1. The summed E-state index contributed by atoms with van der Waals surface area (Å²) in [5.41, 5.74) is 0.241. The molecule has 0 unspecified atom stereocenters. The van der Waals surface area contributed by atoms with Gasteiger partial charge >= 0.3 is 0 Å². The van der Waals surface area contributed by atoms with Crippen LogP contribution in [0.1, 0.15) is 15.2 Å². The minimum absolute atomic E-state index is 0.0793. The molecule has 2 rings (SSSR count). The molecule has 1 aromatic carbocycles. The first kappa shape index (κ1) is 15.9. The van der Waals surface area contributed by atoms with Crippen molar-refractivity contribution in [2.45, 2.75) is 10.6 Å². The number of carbonyl (C=O) groups excluding carboxylic acids is 1. The summed E-state index contributed by atoms with van der Waals surface area (Å²) in [4.78, 5) is 12.5. The Bertz CT molecular complexity index is 758. The minimum Gasteiger partial charge on any atom is -0.352 e. The highest BCUT2D eigenvalue weighted by Crippen LogP contribution is 2.24. The number of amides is 1. The lowest BCUT2D eigenvalue weighted by molar-refractivity contribution is 0.0953. The van der Waals surface area contributed by atoms with E-state index in [0.29, 0.717) is 13.0 Å². The molecule has 4 nitrogen and oxygen atoms in total. The third kappa shape index (κ3) is 4.52. The molecule has 112 valence electrons. The van der Waals surface area contributed by atoms with Crippen molar-refractivity contribution >= 4 is 37.0 Å². The largest absolute Gasteiger partial charge is 0.352 e. The molecule has 21 heavy (non-hydrogen) atoms. The van der Waals surface area contributed by atoms with Crippen LogP contribution in [0.15, 0.2) is 40.6 Å². The SMILES string of the molecule is O=C(NCCc1ccc(S(=O)(=O)Cl)s1)c1cccc(F)c1. The van der Waals surface area contributed by atoms with Gasteiger partial charge in [0.1, 0.15) is 10.0 Å². The summed E-state index contributed by atoms with van der Waals surface area (Å²) < 4.78 is 35.3. The van der Waals surface area contributed by atoms with Gasteiger partial charge in [-0.2, -0.15) is 0 Å². The van der Waals surface area contributed by atoms with E-state index in [1.54, 1.807) is 6.07 Å². The highest BCUT2D eigenvalue weighted by Gasteiger charge is 2.13. The van der Waals surface area contributed by atoms with Crippen LogP contribution in [0.25, 0.3) is 0 Å². The predicted octanol–water partition coefficient (Wildman–Crippen LogP) is 2.79. The molecule has 0 aliphatic rings. The van der Waals surface area contributed by atoms with E-state index in [-0.39, 0.29) is 15.7 Å². The van der Waals surface area contributed by atoms with Gasteiger partial charge in [0.05, 0.1) is 0 Å². The number of nitrogens with one attached hydrogen (secondary N) is 1. The fourth-order valence-corrected chi connectivity index (χ4v) is 3.78. The van der Waals surface area contributed by atoms with Crippen LogP contribution in [0.4, 0.5) is 4.39 Å². The molecule has 2 aromatic rings. The Hall–Kier alpha value is -1.44. The number of thiophene rings is 1. The standard InChI is InChI=1S/C13H11ClFNO3S2/c14-21(18,19)12-5-4-11(20-12)6-7-16-13(17)9-2-1-3-10(15)8-9/h1-5,8H,6-7H2,(H,16,17). The molecule has 0 aliphatic carbocycles. The second kappa shape index (κ2) is 6.55. The van der Waals surface area contributed by atoms with Crippen molar-refractivity contribution in [1.29, 1.82) is 0 Å². The van der Waals surface area contributed by atoms with E-state index in [0.717, 1.165) is 22.3 Å². The minimum atomic E-state index is -3.71. The predicted molar refractivity (Wildman–Crippen MR) is 79.8 cm³/mol. The lowest BCUT2D eigenvalue weighted by atomic mass is 10.2. The molecule has 1 amide bonds. The second-order valence-electron chi connectivity index (χ2n) is 4.17. The monoisotopic (exact) mass is 347 g/mol. The van der Waals surface area contributed by atoms with Crippen molar-refractivity contribution in [2.75, 3.05) is 6.54 Å². The van der Waals surface area contributed by atoms with E-state index in [4.69, 9.17) is 10.7 Å². The fourth-order valence-electron chi connectivity index (χ4n) is 1.65. The normalized spacial score (nSPS) is 11.3. The number of halogens is 2. The zero-order valence-electron chi connectivity index (χ0n) is 10.7. The highest BCUT2D eigenvalue weighted by molar-refractivity contribution is 8.15. The van der Waals surface area contributed by atoms with Crippen LogP contribution in [0.5, 0.6) is 0 Å².